The van der Waals surface area contributed by atoms with E-state index in [4.69, 9.17) is 23.2 Å². The predicted octanol–water partition coefficient (Wildman–Crippen LogP) is 3.16. The van der Waals surface area contributed by atoms with Crippen LogP contribution >= 0.6 is 23.2 Å². The van der Waals surface area contributed by atoms with E-state index in [1.54, 1.807) is 6.07 Å². The minimum absolute atomic E-state index is 0.0454. The second-order valence-electron chi connectivity index (χ2n) is 7.14. The van der Waals surface area contributed by atoms with Crippen molar-refractivity contribution in [2.24, 2.45) is 0 Å². The number of nitrogens with zero attached hydrogens (tertiary/aromatic N) is 3. The number of hydrogen-bond donors (Lipinski definition) is 1. The molecule has 0 radical (unpaired) electrons. The molecular formula is C18H20Cl2N4O. The average Bonchev–Trinajstić information content (AvgIpc) is 3.27. The third-order valence-electron chi connectivity index (χ3n) is 5.71. The van der Waals surface area contributed by atoms with Gasteiger partial charge in [0.05, 0.1) is 12.1 Å². The summed E-state index contributed by atoms with van der Waals surface area (Å²) in [4.78, 5) is 16.9. The Morgan fingerprint density at radius 1 is 1.20 bits per heavy atom. The second kappa shape index (κ2) is 6.59. The summed E-state index contributed by atoms with van der Waals surface area (Å²) >= 11 is 12.2. The quantitative estimate of drug-likeness (QED) is 0.820. The highest BCUT2D eigenvalue weighted by Crippen LogP contribution is 2.37. The molecule has 4 atom stereocenters. The van der Waals surface area contributed by atoms with Gasteiger partial charge in [-0.25, -0.2) is 0 Å². The zero-order chi connectivity index (χ0) is 17.6. The van der Waals surface area contributed by atoms with Gasteiger partial charge in [-0.15, -0.1) is 0 Å². The SMILES string of the molecule is N#CN1[C@H]2CC[C@@H]1[C@H](NC(=O)[C@@H]1CCCN1c1cc(Cl)cc(Cl)c1)C2. The van der Waals surface area contributed by atoms with Gasteiger partial charge in [0.2, 0.25) is 5.91 Å². The number of halogens is 2. The van der Waals surface area contributed by atoms with Gasteiger partial charge in [0, 0.05) is 28.3 Å². The molecule has 3 fully saturated rings. The number of benzene rings is 1. The topological polar surface area (TPSA) is 59.4 Å². The average molecular weight is 379 g/mol. The zero-order valence-electron chi connectivity index (χ0n) is 13.8. The van der Waals surface area contributed by atoms with E-state index >= 15 is 0 Å². The largest absolute Gasteiger partial charge is 0.359 e. The zero-order valence-corrected chi connectivity index (χ0v) is 15.3. The standard InChI is InChI=1S/C18H20Cl2N4O/c19-11-6-12(20)8-14(7-11)23-5-1-2-17(23)18(25)22-15-9-13-3-4-16(15)24(13)10-21/h6-8,13,15-17H,1-5,9H2,(H,22,25)/t13-,15+,16+,17-/m0/s1. The number of anilines is 1. The lowest BCUT2D eigenvalue weighted by atomic mass is 9.95. The third kappa shape index (κ3) is 3.02. The predicted molar refractivity (Wildman–Crippen MR) is 97.6 cm³/mol. The molecule has 3 aliphatic rings. The lowest BCUT2D eigenvalue weighted by Gasteiger charge is -2.29. The molecule has 0 aromatic heterocycles. The van der Waals surface area contributed by atoms with Crippen molar-refractivity contribution in [2.75, 3.05) is 11.4 Å². The van der Waals surface area contributed by atoms with E-state index in [1.165, 1.54) is 0 Å². The third-order valence-corrected chi connectivity index (χ3v) is 6.15. The van der Waals surface area contributed by atoms with Gasteiger partial charge in [-0.3, -0.25) is 4.79 Å². The number of nitriles is 1. The molecule has 1 N–H and O–H groups in total. The van der Waals surface area contributed by atoms with E-state index < -0.39 is 0 Å². The first-order chi connectivity index (χ1) is 12.1. The van der Waals surface area contributed by atoms with E-state index in [9.17, 15) is 10.1 Å². The molecule has 0 saturated carbocycles. The van der Waals surface area contributed by atoms with Crippen molar-refractivity contribution in [1.29, 1.82) is 5.26 Å². The van der Waals surface area contributed by atoms with Crippen molar-refractivity contribution >= 4 is 34.8 Å². The van der Waals surface area contributed by atoms with Crippen molar-refractivity contribution in [3.63, 3.8) is 0 Å². The number of rotatable bonds is 3. The molecule has 4 rings (SSSR count). The smallest absolute Gasteiger partial charge is 0.242 e. The van der Waals surface area contributed by atoms with E-state index in [0.29, 0.717) is 16.1 Å². The highest BCUT2D eigenvalue weighted by Gasteiger charge is 2.47. The molecule has 1 amide bonds. The van der Waals surface area contributed by atoms with Crippen LogP contribution in [0.15, 0.2) is 18.2 Å². The van der Waals surface area contributed by atoms with E-state index in [0.717, 1.165) is 44.3 Å². The van der Waals surface area contributed by atoms with Gasteiger partial charge in [0.25, 0.3) is 0 Å². The summed E-state index contributed by atoms with van der Waals surface area (Å²) in [6.45, 7) is 0.815. The summed E-state index contributed by atoms with van der Waals surface area (Å²) < 4.78 is 0. The molecule has 2 bridgehead atoms. The van der Waals surface area contributed by atoms with Gasteiger partial charge >= 0.3 is 0 Å². The fourth-order valence-corrected chi connectivity index (χ4v) is 5.15. The summed E-state index contributed by atoms with van der Waals surface area (Å²) in [5.41, 5.74) is 0.891. The van der Waals surface area contributed by atoms with E-state index in [2.05, 4.69) is 16.4 Å². The highest BCUT2D eigenvalue weighted by molar-refractivity contribution is 6.35. The minimum atomic E-state index is -0.204. The lowest BCUT2D eigenvalue weighted by molar-refractivity contribution is -0.123. The normalized spacial score (nSPS) is 30.6. The second-order valence-corrected chi connectivity index (χ2v) is 8.01. The van der Waals surface area contributed by atoms with Gasteiger partial charge in [0.1, 0.15) is 6.04 Å². The van der Waals surface area contributed by atoms with Crippen LogP contribution in [0.25, 0.3) is 0 Å². The van der Waals surface area contributed by atoms with Crippen molar-refractivity contribution in [3.05, 3.63) is 28.2 Å². The Kier molecular flexibility index (Phi) is 4.43. The molecule has 3 heterocycles. The van der Waals surface area contributed by atoms with Gasteiger partial charge < -0.3 is 15.1 Å². The van der Waals surface area contributed by atoms with E-state index in [-0.39, 0.29) is 24.0 Å². The fourth-order valence-electron chi connectivity index (χ4n) is 4.63. The molecule has 0 unspecified atom stereocenters. The van der Waals surface area contributed by atoms with Crippen LogP contribution in [0.3, 0.4) is 0 Å². The van der Waals surface area contributed by atoms with Crippen LogP contribution in [0.1, 0.15) is 32.1 Å². The summed E-state index contributed by atoms with van der Waals surface area (Å²) in [5.74, 6) is 0.0454. The van der Waals surface area contributed by atoms with Crippen LogP contribution in [0.2, 0.25) is 10.0 Å². The summed E-state index contributed by atoms with van der Waals surface area (Å²) in [7, 11) is 0. The van der Waals surface area contributed by atoms with Gasteiger partial charge in [-0.2, -0.15) is 5.26 Å². The molecular weight excluding hydrogens is 359 g/mol. The summed E-state index contributed by atoms with van der Waals surface area (Å²) in [6.07, 6.45) is 6.99. The van der Waals surface area contributed by atoms with Gasteiger partial charge in [0.15, 0.2) is 6.19 Å². The van der Waals surface area contributed by atoms with Crippen molar-refractivity contribution in [3.8, 4) is 6.19 Å². The molecule has 0 aliphatic carbocycles. The molecule has 5 nitrogen and oxygen atoms in total. The monoisotopic (exact) mass is 378 g/mol. The molecule has 0 spiro atoms. The lowest BCUT2D eigenvalue weighted by Crippen LogP contribution is -2.50. The maximum Gasteiger partial charge on any atom is 0.242 e. The Balaban J connectivity index is 1.47. The van der Waals surface area contributed by atoms with Crippen molar-refractivity contribution in [2.45, 2.75) is 56.3 Å². The molecule has 1 aromatic carbocycles. The molecule has 3 aliphatic heterocycles. The number of amides is 1. The highest BCUT2D eigenvalue weighted by atomic mass is 35.5. The van der Waals surface area contributed by atoms with Crippen LogP contribution in [0.5, 0.6) is 0 Å². The number of carbonyl (C=O) groups excluding carboxylic acids is 1. The minimum Gasteiger partial charge on any atom is -0.359 e. The fraction of sp³-hybridized carbons (Fsp3) is 0.556. The van der Waals surface area contributed by atoms with Crippen LogP contribution in [-0.4, -0.2) is 41.5 Å². The Morgan fingerprint density at radius 3 is 2.64 bits per heavy atom. The molecule has 1 aromatic rings. The maximum absolute atomic E-state index is 12.9. The van der Waals surface area contributed by atoms with Gasteiger partial charge in [-0.05, 0) is 50.3 Å². The number of carbonyl (C=O) groups is 1. The van der Waals surface area contributed by atoms with Crippen molar-refractivity contribution < 1.29 is 4.79 Å². The van der Waals surface area contributed by atoms with Crippen LogP contribution in [0, 0.1) is 11.5 Å². The molecule has 3 saturated heterocycles. The number of nitrogens with one attached hydrogen (secondary N) is 1. The first-order valence-electron chi connectivity index (χ1n) is 8.78. The Bertz CT molecular complexity index is 714. The van der Waals surface area contributed by atoms with Crippen molar-refractivity contribution in [1.82, 2.24) is 10.2 Å². The molecule has 7 heteroatoms. The summed E-state index contributed by atoms with van der Waals surface area (Å²) in [6, 6.07) is 5.74. The summed E-state index contributed by atoms with van der Waals surface area (Å²) in [5, 5.41) is 13.6. The Labute approximate surface area is 157 Å². The van der Waals surface area contributed by atoms with Crippen LogP contribution in [-0.2, 0) is 4.79 Å². The van der Waals surface area contributed by atoms with Crippen LogP contribution < -0.4 is 10.2 Å². The molecule has 132 valence electrons. The van der Waals surface area contributed by atoms with Crippen LogP contribution in [0.4, 0.5) is 5.69 Å². The Morgan fingerprint density at radius 2 is 1.96 bits per heavy atom. The molecule has 25 heavy (non-hydrogen) atoms. The van der Waals surface area contributed by atoms with Gasteiger partial charge in [-0.1, -0.05) is 23.2 Å². The maximum atomic E-state index is 12.9. The number of fused-ring (bicyclic) bond motifs is 2. The first kappa shape index (κ1) is 16.8. The Hall–Kier alpha value is -1.64. The van der Waals surface area contributed by atoms with E-state index in [1.807, 2.05) is 17.0 Å². The number of hydrogen-bond acceptors (Lipinski definition) is 4. The first-order valence-corrected chi connectivity index (χ1v) is 9.53.